The molecule has 0 aliphatic carbocycles. The summed E-state index contributed by atoms with van der Waals surface area (Å²) < 4.78 is 50.7. The number of hydrogen-bond acceptors (Lipinski definition) is 7. The lowest BCUT2D eigenvalue weighted by Crippen LogP contribution is -2.52. The Hall–Kier alpha value is -3.51. The Labute approximate surface area is 227 Å². The Kier molecular flexibility index (Phi) is 10.0. The van der Waals surface area contributed by atoms with Gasteiger partial charge in [-0.3, -0.25) is 14.4 Å². The van der Waals surface area contributed by atoms with Crippen molar-refractivity contribution >= 4 is 27.6 Å². The first-order valence-corrected chi connectivity index (χ1v) is 14.0. The van der Waals surface area contributed by atoms with Crippen LogP contribution in [0.1, 0.15) is 43.5 Å². The zero-order chi connectivity index (χ0) is 28.7. The molecule has 0 aromatic heterocycles. The summed E-state index contributed by atoms with van der Waals surface area (Å²) in [5.74, 6) is -1.22. The molecule has 0 spiro atoms. The fraction of sp³-hybridized carbons (Fsp3) is 0.444. The lowest BCUT2D eigenvalue weighted by Gasteiger charge is -2.24. The summed E-state index contributed by atoms with van der Waals surface area (Å²) in [5.41, 5.74) is 0.265. The van der Waals surface area contributed by atoms with Crippen LogP contribution in [-0.4, -0.2) is 69.7 Å². The first kappa shape index (κ1) is 30.0. The zero-order valence-electron chi connectivity index (χ0n) is 22.4. The fourth-order valence-corrected chi connectivity index (χ4v) is 5.75. The van der Waals surface area contributed by atoms with Gasteiger partial charge in [0.2, 0.25) is 15.9 Å². The van der Waals surface area contributed by atoms with Gasteiger partial charge >= 0.3 is 0 Å². The molecule has 2 atom stereocenters. The first-order valence-electron chi connectivity index (χ1n) is 12.6. The second-order valence-electron chi connectivity index (χ2n) is 9.69. The summed E-state index contributed by atoms with van der Waals surface area (Å²) in [5, 5.41) is 5.45. The number of Topliss-reactive ketones (excluding diaryl/α,β-unsaturated/α-hetero) is 1. The van der Waals surface area contributed by atoms with Crippen molar-refractivity contribution in [3.8, 4) is 11.5 Å². The summed E-state index contributed by atoms with van der Waals surface area (Å²) in [6, 6.07) is 7.17. The normalized spacial score (nSPS) is 17.3. The van der Waals surface area contributed by atoms with Gasteiger partial charge in [-0.15, -0.1) is 0 Å². The molecule has 10 nitrogen and oxygen atoms in total. The SMILES string of the molecule is COc1ccc(C(=O)N[C@@H](CC(C)C)C(=O)NC2CCCN(S(=O)(=O)c3ccc(F)cc3)CC2=O)cc1OC. The van der Waals surface area contributed by atoms with Crippen LogP contribution in [0.2, 0.25) is 0 Å². The van der Waals surface area contributed by atoms with Gasteiger partial charge in [-0.1, -0.05) is 13.8 Å². The van der Waals surface area contributed by atoms with Crippen molar-refractivity contribution in [3.05, 3.63) is 53.8 Å². The molecule has 2 aromatic rings. The smallest absolute Gasteiger partial charge is 0.252 e. The maximum Gasteiger partial charge on any atom is 0.252 e. The Morgan fingerprint density at radius 1 is 1.08 bits per heavy atom. The molecule has 212 valence electrons. The topological polar surface area (TPSA) is 131 Å². The number of hydrogen-bond donors (Lipinski definition) is 2. The van der Waals surface area contributed by atoms with Crippen molar-refractivity contribution in [1.29, 1.82) is 0 Å². The first-order chi connectivity index (χ1) is 18.5. The maximum absolute atomic E-state index is 13.3. The molecule has 2 N–H and O–H groups in total. The van der Waals surface area contributed by atoms with E-state index in [2.05, 4.69) is 10.6 Å². The van der Waals surface area contributed by atoms with Crippen LogP contribution >= 0.6 is 0 Å². The quantitative estimate of drug-likeness (QED) is 0.454. The van der Waals surface area contributed by atoms with Crippen molar-refractivity contribution < 1.29 is 36.7 Å². The molecule has 0 bridgehead atoms. The molecule has 1 unspecified atom stereocenters. The minimum Gasteiger partial charge on any atom is -0.493 e. The van der Waals surface area contributed by atoms with E-state index >= 15 is 0 Å². The zero-order valence-corrected chi connectivity index (χ0v) is 23.2. The maximum atomic E-state index is 13.3. The van der Waals surface area contributed by atoms with Gasteiger partial charge in [-0.05, 0) is 67.6 Å². The number of ether oxygens (including phenoxy) is 2. The van der Waals surface area contributed by atoms with Gasteiger partial charge in [0.25, 0.3) is 5.91 Å². The standard InChI is InChI=1S/C27H34FN3O7S/c1-17(2)14-22(30-26(33)18-7-12-24(37-3)25(15-18)38-4)27(34)29-21-6-5-13-31(16-23(21)32)39(35,36)20-10-8-19(28)9-11-20/h7-12,15,17,21-22H,5-6,13-14,16H2,1-4H3,(H,29,34)(H,30,33)/t21?,22-/m0/s1. The largest absolute Gasteiger partial charge is 0.493 e. The number of nitrogens with zero attached hydrogens (tertiary/aromatic N) is 1. The minimum atomic E-state index is -4.02. The van der Waals surface area contributed by atoms with Crippen LogP contribution in [0.15, 0.2) is 47.4 Å². The average molecular weight is 564 g/mol. The third-order valence-electron chi connectivity index (χ3n) is 6.36. The molecule has 1 heterocycles. The number of sulfonamides is 1. The molecule has 12 heteroatoms. The number of carbonyl (C=O) groups excluding carboxylic acids is 3. The predicted octanol–water partition coefficient (Wildman–Crippen LogP) is 2.53. The van der Waals surface area contributed by atoms with Gasteiger partial charge in [-0.2, -0.15) is 4.31 Å². The van der Waals surface area contributed by atoms with Crippen LogP contribution in [0.25, 0.3) is 0 Å². The van der Waals surface area contributed by atoms with E-state index in [1.54, 1.807) is 12.1 Å². The van der Waals surface area contributed by atoms with Gasteiger partial charge in [-0.25, -0.2) is 12.8 Å². The van der Waals surface area contributed by atoms with Gasteiger partial charge in [0.1, 0.15) is 11.9 Å². The van der Waals surface area contributed by atoms with Gasteiger partial charge in [0, 0.05) is 12.1 Å². The summed E-state index contributed by atoms with van der Waals surface area (Å²) in [7, 11) is -1.09. The molecular formula is C27H34FN3O7S. The highest BCUT2D eigenvalue weighted by molar-refractivity contribution is 7.89. The summed E-state index contributed by atoms with van der Waals surface area (Å²) in [4.78, 5) is 39.1. The van der Waals surface area contributed by atoms with Crippen molar-refractivity contribution in [2.75, 3.05) is 27.3 Å². The number of nitrogens with one attached hydrogen (secondary N) is 2. The molecule has 0 radical (unpaired) electrons. The van der Waals surface area contributed by atoms with E-state index in [9.17, 15) is 27.2 Å². The molecule has 2 amide bonds. The number of methoxy groups -OCH3 is 2. The van der Waals surface area contributed by atoms with Crippen LogP contribution < -0.4 is 20.1 Å². The molecule has 39 heavy (non-hydrogen) atoms. The van der Waals surface area contributed by atoms with Crippen LogP contribution in [-0.2, 0) is 19.6 Å². The number of benzene rings is 2. The molecule has 1 fully saturated rings. The van der Waals surface area contributed by atoms with E-state index in [4.69, 9.17) is 9.47 Å². The number of amides is 2. The fourth-order valence-electron chi connectivity index (χ4n) is 4.30. The molecule has 3 rings (SSSR count). The third-order valence-corrected chi connectivity index (χ3v) is 8.22. The van der Waals surface area contributed by atoms with Crippen LogP contribution in [0, 0.1) is 11.7 Å². The van der Waals surface area contributed by atoms with Crippen LogP contribution in [0.3, 0.4) is 0 Å². The predicted molar refractivity (Wildman–Crippen MR) is 142 cm³/mol. The molecule has 2 aromatic carbocycles. The van der Waals surface area contributed by atoms with E-state index in [0.29, 0.717) is 24.3 Å². The van der Waals surface area contributed by atoms with Crippen molar-refractivity contribution in [2.45, 2.75) is 50.1 Å². The number of halogens is 1. The number of ketones is 1. The molecule has 1 saturated heterocycles. The Morgan fingerprint density at radius 2 is 1.74 bits per heavy atom. The van der Waals surface area contributed by atoms with E-state index in [1.807, 2.05) is 13.8 Å². The van der Waals surface area contributed by atoms with E-state index in [1.165, 1.54) is 20.3 Å². The highest BCUT2D eigenvalue weighted by Crippen LogP contribution is 2.27. The highest BCUT2D eigenvalue weighted by Gasteiger charge is 2.34. The Morgan fingerprint density at radius 3 is 2.36 bits per heavy atom. The molecular weight excluding hydrogens is 529 g/mol. The average Bonchev–Trinajstić information content (AvgIpc) is 3.09. The summed E-state index contributed by atoms with van der Waals surface area (Å²) in [6.07, 6.45) is 0.874. The Balaban J connectivity index is 1.71. The van der Waals surface area contributed by atoms with E-state index < -0.39 is 52.1 Å². The number of rotatable bonds is 10. The monoisotopic (exact) mass is 563 g/mol. The van der Waals surface area contributed by atoms with Gasteiger partial charge < -0.3 is 20.1 Å². The molecule has 1 aliphatic heterocycles. The van der Waals surface area contributed by atoms with Gasteiger partial charge in [0.05, 0.1) is 31.7 Å². The Bertz CT molecular complexity index is 1300. The van der Waals surface area contributed by atoms with Crippen molar-refractivity contribution in [3.63, 3.8) is 0 Å². The third kappa shape index (κ3) is 7.54. The van der Waals surface area contributed by atoms with Crippen LogP contribution in [0.5, 0.6) is 11.5 Å². The number of carbonyl (C=O) groups is 3. The summed E-state index contributed by atoms with van der Waals surface area (Å²) in [6.45, 7) is 3.44. The summed E-state index contributed by atoms with van der Waals surface area (Å²) >= 11 is 0. The van der Waals surface area contributed by atoms with E-state index in [0.717, 1.165) is 28.6 Å². The second-order valence-corrected chi connectivity index (χ2v) is 11.6. The lowest BCUT2D eigenvalue weighted by molar-refractivity contribution is -0.129. The van der Waals surface area contributed by atoms with Crippen molar-refractivity contribution in [2.24, 2.45) is 5.92 Å². The lowest BCUT2D eigenvalue weighted by atomic mass is 10.0. The van der Waals surface area contributed by atoms with Gasteiger partial charge in [0.15, 0.2) is 17.3 Å². The molecule has 1 aliphatic rings. The van der Waals surface area contributed by atoms with E-state index in [-0.39, 0.29) is 29.3 Å². The highest BCUT2D eigenvalue weighted by atomic mass is 32.2. The molecule has 0 saturated carbocycles. The van der Waals surface area contributed by atoms with Crippen LogP contribution in [0.4, 0.5) is 4.39 Å². The van der Waals surface area contributed by atoms with Crippen molar-refractivity contribution in [1.82, 2.24) is 14.9 Å². The minimum absolute atomic E-state index is 0.0487. The second kappa shape index (κ2) is 13.0.